The van der Waals surface area contributed by atoms with Crippen molar-refractivity contribution in [2.45, 2.75) is 0 Å². The van der Waals surface area contributed by atoms with Crippen molar-refractivity contribution in [1.29, 1.82) is 0 Å². The summed E-state index contributed by atoms with van der Waals surface area (Å²) >= 11 is 0. The summed E-state index contributed by atoms with van der Waals surface area (Å²) in [4.78, 5) is 10.7. The predicted molar refractivity (Wildman–Crippen MR) is 154 cm³/mol. The largest absolute Gasteiger partial charge is 0.510 e. The molecule has 0 fully saturated rings. The molecule has 3 heterocycles. The number of furan rings is 1. The van der Waals surface area contributed by atoms with Gasteiger partial charge in [-0.25, -0.2) is 4.98 Å². The molecule has 7 rings (SSSR count). The number of fused-ring (bicyclic) bond motifs is 3. The molecule has 0 atom stereocenters. The average molecular weight is 703 g/mol. The summed E-state index contributed by atoms with van der Waals surface area (Å²) < 4.78 is 12.7. The molecular formula is C33H23N4O2Pt-3. The van der Waals surface area contributed by atoms with Crippen molar-refractivity contribution < 1.29 is 30.2 Å². The van der Waals surface area contributed by atoms with Crippen molar-refractivity contribution >= 4 is 44.8 Å². The van der Waals surface area contributed by atoms with E-state index in [0.717, 1.165) is 39.2 Å². The van der Waals surface area contributed by atoms with Crippen molar-refractivity contribution in [3.63, 3.8) is 0 Å². The summed E-state index contributed by atoms with van der Waals surface area (Å²) in [5.41, 5.74) is 4.10. The van der Waals surface area contributed by atoms with Crippen LogP contribution in [0.15, 0.2) is 120 Å². The monoisotopic (exact) mass is 702 g/mol. The predicted octanol–water partition coefficient (Wildman–Crippen LogP) is 8.18. The Kier molecular flexibility index (Phi) is 7.02. The quantitative estimate of drug-likeness (QED) is 0.163. The SMILES string of the molecule is CN1C=CN(c2[c-]c(Oc3[c-]c(N(c4ccccc4)c4ccccn4)c4c(c3)oc3ccccc34)ccc2)[CH-]1.[Pt]. The number of benzene rings is 4. The van der Waals surface area contributed by atoms with Crippen molar-refractivity contribution in [3.8, 4) is 11.5 Å². The first kappa shape index (κ1) is 25.7. The fraction of sp³-hybridized carbons (Fsp3) is 0.0303. The molecule has 0 spiro atoms. The molecule has 200 valence electrons. The molecule has 6 aromatic rings. The molecule has 1 aliphatic heterocycles. The maximum atomic E-state index is 6.38. The molecule has 7 heteroatoms. The van der Waals surface area contributed by atoms with Crippen LogP contribution in [0.4, 0.5) is 22.9 Å². The molecule has 1 aliphatic rings. The second-order valence-electron chi connectivity index (χ2n) is 9.17. The van der Waals surface area contributed by atoms with E-state index in [0.29, 0.717) is 17.1 Å². The van der Waals surface area contributed by atoms with Crippen molar-refractivity contribution in [3.05, 3.63) is 134 Å². The third-order valence-electron chi connectivity index (χ3n) is 6.50. The minimum atomic E-state index is 0. The first-order valence-electron chi connectivity index (χ1n) is 12.6. The molecule has 0 radical (unpaired) electrons. The normalized spacial score (nSPS) is 12.6. The maximum Gasteiger partial charge on any atom is 0.135 e. The van der Waals surface area contributed by atoms with Crippen LogP contribution in [0.5, 0.6) is 11.5 Å². The second kappa shape index (κ2) is 10.9. The van der Waals surface area contributed by atoms with Gasteiger partial charge in [0.1, 0.15) is 11.4 Å². The standard InChI is InChI=1S/C33H23N4O2.Pt/c1-35-18-19-36(23-35)25-12-9-13-26(20-25)38-27-21-29(33-28-14-5-6-15-30(28)39-31(33)22-27)37(24-10-3-2-4-11-24)32-16-7-8-17-34-32;/h2-19,22-23H,1H3;/q-3;. The summed E-state index contributed by atoms with van der Waals surface area (Å²) in [6.07, 6.45) is 5.75. The van der Waals surface area contributed by atoms with Crippen molar-refractivity contribution in [1.82, 2.24) is 9.88 Å². The zero-order chi connectivity index (χ0) is 26.2. The summed E-state index contributed by atoms with van der Waals surface area (Å²) in [6.45, 7) is 1.98. The van der Waals surface area contributed by atoms with Gasteiger partial charge in [0.2, 0.25) is 0 Å². The van der Waals surface area contributed by atoms with Crippen molar-refractivity contribution in [2.75, 3.05) is 16.8 Å². The van der Waals surface area contributed by atoms with Gasteiger partial charge in [-0.2, -0.15) is 12.7 Å². The van der Waals surface area contributed by atoms with Gasteiger partial charge >= 0.3 is 0 Å². The Morgan fingerprint density at radius 1 is 0.825 bits per heavy atom. The fourth-order valence-corrected chi connectivity index (χ4v) is 4.76. The Balaban J connectivity index is 0.00000289. The number of hydrogen-bond donors (Lipinski definition) is 0. The number of nitrogens with zero attached hydrogens (tertiary/aromatic N) is 4. The number of aromatic nitrogens is 1. The second-order valence-corrected chi connectivity index (χ2v) is 9.17. The first-order valence-corrected chi connectivity index (χ1v) is 12.6. The number of pyridine rings is 1. The minimum absolute atomic E-state index is 0. The summed E-state index contributed by atoms with van der Waals surface area (Å²) in [7, 11) is 1.98. The van der Waals surface area contributed by atoms with E-state index in [1.54, 1.807) is 6.20 Å². The average Bonchev–Trinajstić information content (AvgIpc) is 3.58. The number of ether oxygens (including phenoxy) is 1. The minimum Gasteiger partial charge on any atom is -0.510 e. The van der Waals surface area contributed by atoms with Gasteiger partial charge in [-0.1, -0.05) is 59.6 Å². The van der Waals surface area contributed by atoms with Gasteiger partial charge < -0.3 is 23.9 Å². The van der Waals surface area contributed by atoms with Gasteiger partial charge in [0.15, 0.2) is 0 Å². The third kappa shape index (κ3) is 4.83. The summed E-state index contributed by atoms with van der Waals surface area (Å²) in [5, 5.41) is 1.93. The van der Waals surface area contributed by atoms with Crippen LogP contribution in [0.25, 0.3) is 21.9 Å². The van der Waals surface area contributed by atoms with E-state index in [-0.39, 0.29) is 21.1 Å². The van der Waals surface area contributed by atoms with Crippen LogP contribution >= 0.6 is 0 Å². The smallest absolute Gasteiger partial charge is 0.135 e. The fourth-order valence-electron chi connectivity index (χ4n) is 4.76. The van der Waals surface area contributed by atoms with Crippen LogP contribution in [0.2, 0.25) is 0 Å². The topological polar surface area (TPSA) is 45.0 Å². The van der Waals surface area contributed by atoms with Gasteiger partial charge in [0.25, 0.3) is 0 Å². The molecular weight excluding hydrogens is 679 g/mol. The van der Waals surface area contributed by atoms with Crippen LogP contribution in [0, 0.1) is 18.8 Å². The number of anilines is 4. The van der Waals surface area contributed by atoms with Crippen LogP contribution in [-0.4, -0.2) is 16.9 Å². The zero-order valence-corrected chi connectivity index (χ0v) is 23.7. The van der Waals surface area contributed by atoms with Crippen LogP contribution < -0.4 is 14.5 Å². The van der Waals surface area contributed by atoms with Crippen LogP contribution in [0.1, 0.15) is 0 Å². The Bertz CT molecular complexity index is 1760. The van der Waals surface area contributed by atoms with Crippen molar-refractivity contribution in [2.24, 2.45) is 0 Å². The maximum absolute atomic E-state index is 6.38. The van der Waals surface area contributed by atoms with Gasteiger partial charge in [-0.15, -0.1) is 30.0 Å². The molecule has 0 amide bonds. The van der Waals surface area contributed by atoms with E-state index in [9.17, 15) is 0 Å². The van der Waals surface area contributed by atoms with Gasteiger partial charge in [-0.3, -0.25) is 0 Å². The zero-order valence-electron chi connectivity index (χ0n) is 21.5. The Labute approximate surface area is 247 Å². The molecule has 0 unspecified atom stereocenters. The Hall–Kier alpha value is -4.54. The van der Waals surface area contributed by atoms with Gasteiger partial charge in [-0.05, 0) is 55.2 Å². The molecule has 40 heavy (non-hydrogen) atoms. The molecule has 0 aliphatic carbocycles. The number of para-hydroxylation sites is 2. The molecule has 6 nitrogen and oxygen atoms in total. The van der Waals surface area contributed by atoms with E-state index in [1.165, 1.54) is 0 Å². The Morgan fingerprint density at radius 3 is 2.45 bits per heavy atom. The number of rotatable bonds is 6. The molecule has 0 saturated heterocycles. The summed E-state index contributed by atoms with van der Waals surface area (Å²) in [5.74, 6) is 1.85. The third-order valence-corrected chi connectivity index (χ3v) is 6.50. The van der Waals surface area contributed by atoms with Gasteiger partial charge in [0, 0.05) is 50.0 Å². The van der Waals surface area contributed by atoms with E-state index >= 15 is 0 Å². The van der Waals surface area contributed by atoms with E-state index in [1.807, 2.05) is 115 Å². The van der Waals surface area contributed by atoms with Gasteiger partial charge in [0.05, 0.1) is 0 Å². The molecule has 2 aromatic heterocycles. The van der Waals surface area contributed by atoms with E-state index in [4.69, 9.17) is 9.15 Å². The van der Waals surface area contributed by atoms with Crippen LogP contribution in [-0.2, 0) is 21.1 Å². The molecule has 0 saturated carbocycles. The first-order chi connectivity index (χ1) is 19.2. The molecule has 4 aromatic carbocycles. The Morgan fingerprint density at radius 2 is 1.65 bits per heavy atom. The molecule has 0 bridgehead atoms. The number of hydrogen-bond acceptors (Lipinski definition) is 6. The molecule has 0 N–H and O–H groups in total. The van der Waals surface area contributed by atoms with E-state index < -0.39 is 0 Å². The summed E-state index contributed by atoms with van der Waals surface area (Å²) in [6, 6.07) is 38.6. The van der Waals surface area contributed by atoms with Crippen LogP contribution in [0.3, 0.4) is 0 Å². The van der Waals surface area contributed by atoms with E-state index in [2.05, 4.69) is 40.2 Å².